The first-order valence-corrected chi connectivity index (χ1v) is 8.31. The van der Waals surface area contributed by atoms with Gasteiger partial charge in [0.15, 0.2) is 0 Å². The van der Waals surface area contributed by atoms with Crippen molar-refractivity contribution >= 4 is 5.91 Å². The summed E-state index contributed by atoms with van der Waals surface area (Å²) in [4.78, 5) is 11.4. The highest BCUT2D eigenvalue weighted by molar-refractivity contribution is 5.75. The van der Waals surface area contributed by atoms with Crippen LogP contribution >= 0.6 is 0 Å². The lowest BCUT2D eigenvalue weighted by atomic mass is 10.2. The summed E-state index contributed by atoms with van der Waals surface area (Å²) >= 11 is 0. The monoisotopic (exact) mass is 303 g/mol. The molecule has 5 nitrogen and oxygen atoms in total. The largest absolute Gasteiger partial charge is 0.379 e. The minimum atomic E-state index is 0.118. The molecule has 0 atom stereocenters. The van der Waals surface area contributed by atoms with Crippen molar-refractivity contribution in [2.75, 3.05) is 46.2 Å². The third kappa shape index (κ3) is 17.3. The van der Waals surface area contributed by atoms with Gasteiger partial charge in [-0.05, 0) is 12.8 Å². The van der Waals surface area contributed by atoms with E-state index in [1.54, 1.807) is 0 Å². The fraction of sp³-hybridized carbons (Fsp3) is 0.938. The highest BCUT2D eigenvalue weighted by Gasteiger charge is 1.99. The van der Waals surface area contributed by atoms with Crippen LogP contribution in [0.3, 0.4) is 0 Å². The number of hydrogen-bond donors (Lipinski definition) is 1. The van der Waals surface area contributed by atoms with Crippen LogP contribution in [0.15, 0.2) is 0 Å². The average Bonchev–Trinajstić information content (AvgIpc) is 2.48. The van der Waals surface area contributed by atoms with Gasteiger partial charge in [0.2, 0.25) is 5.91 Å². The van der Waals surface area contributed by atoms with E-state index in [4.69, 9.17) is 14.2 Å². The van der Waals surface area contributed by atoms with Crippen molar-refractivity contribution in [3.05, 3.63) is 0 Å². The summed E-state index contributed by atoms with van der Waals surface area (Å²) in [6.45, 7) is 8.59. The molecule has 0 bridgehead atoms. The van der Waals surface area contributed by atoms with E-state index in [0.717, 1.165) is 38.7 Å². The second kappa shape index (κ2) is 17.4. The van der Waals surface area contributed by atoms with E-state index in [2.05, 4.69) is 19.2 Å². The standard InChI is InChI=1S/C16H33NO4/c1-3-5-7-8-16(18)17-9-11-20-13-15-21-14-12-19-10-6-4-2/h3-15H2,1-2H3,(H,17,18). The quantitative estimate of drug-likeness (QED) is 0.445. The number of carbonyl (C=O) groups excluding carboxylic acids is 1. The van der Waals surface area contributed by atoms with Gasteiger partial charge >= 0.3 is 0 Å². The van der Waals surface area contributed by atoms with Crippen LogP contribution in [0.1, 0.15) is 52.4 Å². The molecule has 21 heavy (non-hydrogen) atoms. The zero-order valence-corrected chi connectivity index (χ0v) is 13.8. The molecule has 0 fully saturated rings. The Morgan fingerprint density at radius 3 is 1.95 bits per heavy atom. The third-order valence-electron chi connectivity index (χ3n) is 2.96. The van der Waals surface area contributed by atoms with Crippen LogP contribution in [-0.4, -0.2) is 52.1 Å². The predicted molar refractivity (Wildman–Crippen MR) is 84.5 cm³/mol. The number of hydrogen-bond acceptors (Lipinski definition) is 4. The van der Waals surface area contributed by atoms with Gasteiger partial charge < -0.3 is 19.5 Å². The van der Waals surface area contributed by atoms with Crippen molar-refractivity contribution in [1.29, 1.82) is 0 Å². The van der Waals surface area contributed by atoms with Crippen LogP contribution in [0.25, 0.3) is 0 Å². The fourth-order valence-electron chi connectivity index (χ4n) is 1.67. The summed E-state index contributed by atoms with van der Waals surface area (Å²) in [7, 11) is 0. The Balaban J connectivity index is 3.06. The van der Waals surface area contributed by atoms with Crippen LogP contribution in [0.4, 0.5) is 0 Å². The van der Waals surface area contributed by atoms with Crippen LogP contribution in [0.5, 0.6) is 0 Å². The van der Waals surface area contributed by atoms with Crippen molar-refractivity contribution in [3.63, 3.8) is 0 Å². The maximum atomic E-state index is 11.4. The summed E-state index contributed by atoms with van der Waals surface area (Å²) < 4.78 is 16.1. The Morgan fingerprint density at radius 2 is 1.33 bits per heavy atom. The second-order valence-electron chi connectivity index (χ2n) is 5.00. The van der Waals surface area contributed by atoms with E-state index in [9.17, 15) is 4.79 Å². The molecule has 0 saturated carbocycles. The van der Waals surface area contributed by atoms with Gasteiger partial charge in [-0.1, -0.05) is 33.1 Å². The Hall–Kier alpha value is -0.650. The Bertz CT molecular complexity index is 224. The Kier molecular flexibility index (Phi) is 16.9. The van der Waals surface area contributed by atoms with E-state index in [-0.39, 0.29) is 5.91 Å². The van der Waals surface area contributed by atoms with Gasteiger partial charge in [0.1, 0.15) is 0 Å². The summed E-state index contributed by atoms with van der Waals surface area (Å²) in [6, 6.07) is 0. The predicted octanol–water partition coefficient (Wildman–Crippen LogP) is 2.53. The van der Waals surface area contributed by atoms with Crippen LogP contribution < -0.4 is 5.32 Å². The molecule has 0 aromatic rings. The van der Waals surface area contributed by atoms with Crippen molar-refractivity contribution in [1.82, 2.24) is 5.32 Å². The van der Waals surface area contributed by atoms with E-state index in [1.165, 1.54) is 0 Å². The van der Waals surface area contributed by atoms with E-state index in [1.807, 2.05) is 0 Å². The zero-order chi connectivity index (χ0) is 15.6. The maximum absolute atomic E-state index is 11.4. The average molecular weight is 303 g/mol. The summed E-state index contributed by atoms with van der Waals surface area (Å²) in [5, 5.41) is 2.85. The molecule has 5 heteroatoms. The molecular formula is C16H33NO4. The van der Waals surface area contributed by atoms with Crippen molar-refractivity contribution in [2.24, 2.45) is 0 Å². The van der Waals surface area contributed by atoms with Gasteiger partial charge in [-0.2, -0.15) is 0 Å². The molecule has 0 heterocycles. The first-order valence-electron chi connectivity index (χ1n) is 8.31. The van der Waals surface area contributed by atoms with Gasteiger partial charge in [0, 0.05) is 19.6 Å². The van der Waals surface area contributed by atoms with Crippen LogP contribution in [-0.2, 0) is 19.0 Å². The first-order chi connectivity index (χ1) is 10.3. The molecule has 1 amide bonds. The first kappa shape index (κ1) is 20.3. The molecule has 0 saturated heterocycles. The molecule has 0 aromatic heterocycles. The number of carbonyl (C=O) groups is 1. The maximum Gasteiger partial charge on any atom is 0.220 e. The molecule has 0 aliphatic rings. The van der Waals surface area contributed by atoms with Gasteiger partial charge in [-0.15, -0.1) is 0 Å². The SMILES string of the molecule is CCCCCC(=O)NCCOCCOCCOCCCC. The molecule has 126 valence electrons. The van der Waals surface area contributed by atoms with Gasteiger partial charge in [0.05, 0.1) is 33.0 Å². The highest BCUT2D eigenvalue weighted by Crippen LogP contribution is 1.97. The number of rotatable bonds is 16. The molecule has 0 aliphatic carbocycles. The Morgan fingerprint density at radius 1 is 0.762 bits per heavy atom. The summed E-state index contributed by atoms with van der Waals surface area (Å²) in [5.41, 5.74) is 0. The van der Waals surface area contributed by atoms with E-state index in [0.29, 0.717) is 46.0 Å². The lowest BCUT2D eigenvalue weighted by Gasteiger charge is -2.07. The third-order valence-corrected chi connectivity index (χ3v) is 2.96. The minimum Gasteiger partial charge on any atom is -0.379 e. The lowest BCUT2D eigenvalue weighted by Crippen LogP contribution is -2.27. The highest BCUT2D eigenvalue weighted by atomic mass is 16.5. The molecule has 0 aliphatic heterocycles. The van der Waals surface area contributed by atoms with Crippen molar-refractivity contribution < 1.29 is 19.0 Å². The van der Waals surface area contributed by atoms with Crippen LogP contribution in [0.2, 0.25) is 0 Å². The summed E-state index contributed by atoms with van der Waals surface area (Å²) in [5.74, 6) is 0.118. The molecular weight excluding hydrogens is 270 g/mol. The normalized spacial score (nSPS) is 10.8. The van der Waals surface area contributed by atoms with Gasteiger partial charge in [-0.25, -0.2) is 0 Å². The fourth-order valence-corrected chi connectivity index (χ4v) is 1.67. The van der Waals surface area contributed by atoms with Crippen molar-refractivity contribution in [3.8, 4) is 0 Å². The molecule has 0 spiro atoms. The molecule has 0 rings (SSSR count). The van der Waals surface area contributed by atoms with E-state index < -0.39 is 0 Å². The molecule has 0 unspecified atom stereocenters. The van der Waals surface area contributed by atoms with Gasteiger partial charge in [0.25, 0.3) is 0 Å². The number of nitrogens with one attached hydrogen (secondary N) is 1. The second-order valence-corrected chi connectivity index (χ2v) is 5.00. The van der Waals surface area contributed by atoms with Crippen LogP contribution in [0, 0.1) is 0 Å². The number of unbranched alkanes of at least 4 members (excludes halogenated alkanes) is 3. The smallest absolute Gasteiger partial charge is 0.220 e. The Labute approximate surface area is 129 Å². The molecule has 0 radical (unpaired) electrons. The van der Waals surface area contributed by atoms with Gasteiger partial charge in [-0.3, -0.25) is 4.79 Å². The summed E-state index contributed by atoms with van der Waals surface area (Å²) in [6.07, 6.45) is 6.10. The molecule has 0 aromatic carbocycles. The van der Waals surface area contributed by atoms with E-state index >= 15 is 0 Å². The molecule has 1 N–H and O–H groups in total. The zero-order valence-electron chi connectivity index (χ0n) is 13.8. The number of ether oxygens (including phenoxy) is 3. The topological polar surface area (TPSA) is 56.8 Å². The number of amides is 1. The van der Waals surface area contributed by atoms with Crippen molar-refractivity contribution in [2.45, 2.75) is 52.4 Å². The lowest BCUT2D eigenvalue weighted by molar-refractivity contribution is -0.121. The minimum absolute atomic E-state index is 0.118.